The fourth-order valence-corrected chi connectivity index (χ4v) is 3.58. The van der Waals surface area contributed by atoms with E-state index in [9.17, 15) is 4.79 Å². The van der Waals surface area contributed by atoms with Gasteiger partial charge in [0.25, 0.3) is 0 Å². The Labute approximate surface area is 126 Å². The van der Waals surface area contributed by atoms with E-state index in [1.807, 2.05) is 16.0 Å². The second kappa shape index (κ2) is 5.97. The van der Waals surface area contributed by atoms with Crippen molar-refractivity contribution in [2.45, 2.75) is 38.1 Å². The van der Waals surface area contributed by atoms with Gasteiger partial charge in [-0.25, -0.2) is 4.98 Å². The molecule has 0 spiro atoms. The van der Waals surface area contributed by atoms with Gasteiger partial charge in [-0.2, -0.15) is 0 Å². The molecule has 1 fully saturated rings. The molecule has 2 heterocycles. The van der Waals surface area contributed by atoms with E-state index in [4.69, 9.17) is 11.6 Å². The Morgan fingerprint density at radius 3 is 3.05 bits per heavy atom. The number of fused-ring (bicyclic) bond motifs is 1. The van der Waals surface area contributed by atoms with Crippen LogP contribution in [0.3, 0.4) is 0 Å². The number of amides is 1. The van der Waals surface area contributed by atoms with Crippen molar-refractivity contribution in [1.82, 2.24) is 14.7 Å². The van der Waals surface area contributed by atoms with Crippen LogP contribution in [-0.4, -0.2) is 21.3 Å². The molecule has 6 heteroatoms. The molecule has 1 aliphatic carbocycles. The Kier molecular flexibility index (Phi) is 4.08. The maximum Gasteiger partial charge on any atom is 0.244 e. The predicted molar refractivity (Wildman–Crippen MR) is 82.1 cm³/mol. The highest BCUT2D eigenvalue weighted by Gasteiger charge is 2.14. The lowest BCUT2D eigenvalue weighted by atomic mass is 9.95. The first-order chi connectivity index (χ1) is 9.74. The Bertz CT molecular complexity index is 640. The molecule has 2 aromatic heterocycles. The van der Waals surface area contributed by atoms with Crippen LogP contribution in [0.4, 0.5) is 0 Å². The summed E-state index contributed by atoms with van der Waals surface area (Å²) >= 11 is 7.59. The molecular weight excluding hydrogens is 294 g/mol. The Morgan fingerprint density at radius 1 is 1.45 bits per heavy atom. The average molecular weight is 310 g/mol. The fourth-order valence-electron chi connectivity index (χ4n) is 2.58. The van der Waals surface area contributed by atoms with Crippen molar-refractivity contribution in [2.75, 3.05) is 0 Å². The highest BCUT2D eigenvalue weighted by Crippen LogP contribution is 2.22. The largest absolute Gasteiger partial charge is 0.350 e. The van der Waals surface area contributed by atoms with Crippen molar-refractivity contribution in [3.05, 3.63) is 28.5 Å². The van der Waals surface area contributed by atoms with Gasteiger partial charge in [0.1, 0.15) is 0 Å². The summed E-state index contributed by atoms with van der Waals surface area (Å²) < 4.78 is 1.89. The lowest BCUT2D eigenvalue weighted by molar-refractivity contribution is -0.117. The Hall–Kier alpha value is -1.33. The van der Waals surface area contributed by atoms with Gasteiger partial charge in [-0.1, -0.05) is 30.9 Å². The molecule has 1 amide bonds. The van der Waals surface area contributed by atoms with Crippen molar-refractivity contribution < 1.29 is 4.79 Å². The van der Waals surface area contributed by atoms with Gasteiger partial charge in [0.2, 0.25) is 5.91 Å². The van der Waals surface area contributed by atoms with E-state index in [1.165, 1.54) is 30.6 Å². The molecule has 0 radical (unpaired) electrons. The van der Waals surface area contributed by atoms with Gasteiger partial charge >= 0.3 is 0 Å². The minimum absolute atomic E-state index is 0.0573. The molecule has 0 atom stereocenters. The molecule has 0 aromatic carbocycles. The summed E-state index contributed by atoms with van der Waals surface area (Å²) in [5.41, 5.74) is 0.752. The number of aromatic nitrogens is 2. The molecule has 106 valence electrons. The minimum atomic E-state index is -0.0573. The second-order valence-electron chi connectivity index (χ2n) is 5.02. The van der Waals surface area contributed by atoms with E-state index >= 15 is 0 Å². The lowest BCUT2D eigenvalue weighted by Crippen LogP contribution is -2.34. The van der Waals surface area contributed by atoms with Crippen LogP contribution in [-0.2, 0) is 4.79 Å². The van der Waals surface area contributed by atoms with Crippen LogP contribution in [0, 0.1) is 0 Å². The van der Waals surface area contributed by atoms with Crippen LogP contribution in [0.15, 0.2) is 17.7 Å². The summed E-state index contributed by atoms with van der Waals surface area (Å²) in [6.07, 6.45) is 11.0. The molecule has 1 N–H and O–H groups in total. The predicted octanol–water partition coefficient (Wildman–Crippen LogP) is 3.51. The average Bonchev–Trinajstić information content (AvgIpc) is 2.98. The highest BCUT2D eigenvalue weighted by molar-refractivity contribution is 7.15. The van der Waals surface area contributed by atoms with Gasteiger partial charge in [0.15, 0.2) is 10.1 Å². The molecule has 0 unspecified atom stereocenters. The third kappa shape index (κ3) is 2.88. The summed E-state index contributed by atoms with van der Waals surface area (Å²) in [5, 5.41) is 5.42. The maximum absolute atomic E-state index is 11.9. The second-order valence-corrected chi connectivity index (χ2v) is 6.25. The smallest absolute Gasteiger partial charge is 0.244 e. The number of nitrogens with zero attached hydrogens (tertiary/aromatic N) is 2. The molecule has 20 heavy (non-hydrogen) atoms. The minimum Gasteiger partial charge on any atom is -0.350 e. The van der Waals surface area contributed by atoms with Crippen molar-refractivity contribution >= 4 is 39.9 Å². The summed E-state index contributed by atoms with van der Waals surface area (Å²) in [6, 6.07) is 0.322. The molecule has 0 bridgehead atoms. The monoisotopic (exact) mass is 309 g/mol. The highest BCUT2D eigenvalue weighted by atomic mass is 35.5. The zero-order valence-corrected chi connectivity index (χ0v) is 12.6. The molecule has 3 rings (SSSR count). The van der Waals surface area contributed by atoms with Crippen LogP contribution in [0.25, 0.3) is 11.0 Å². The normalized spacial score (nSPS) is 17.1. The van der Waals surface area contributed by atoms with Crippen molar-refractivity contribution in [3.63, 3.8) is 0 Å². The number of rotatable bonds is 3. The SMILES string of the molecule is O=C(/C=C/c1c(Cl)nc2sccn12)NC1CCCCC1. The summed E-state index contributed by atoms with van der Waals surface area (Å²) in [6.45, 7) is 0. The first-order valence-electron chi connectivity index (χ1n) is 6.83. The van der Waals surface area contributed by atoms with Crippen molar-refractivity contribution in [1.29, 1.82) is 0 Å². The van der Waals surface area contributed by atoms with Gasteiger partial charge in [-0.05, 0) is 18.9 Å². The fraction of sp³-hybridized carbons (Fsp3) is 0.429. The molecule has 0 saturated heterocycles. The van der Waals surface area contributed by atoms with Crippen molar-refractivity contribution in [2.24, 2.45) is 0 Å². The number of thiazole rings is 1. The van der Waals surface area contributed by atoms with E-state index in [0.29, 0.717) is 11.2 Å². The lowest BCUT2D eigenvalue weighted by Gasteiger charge is -2.21. The summed E-state index contributed by atoms with van der Waals surface area (Å²) in [7, 11) is 0. The van der Waals surface area contributed by atoms with E-state index in [1.54, 1.807) is 12.2 Å². The van der Waals surface area contributed by atoms with Gasteiger partial charge in [-0.15, -0.1) is 11.3 Å². The maximum atomic E-state index is 11.9. The number of hydrogen-bond acceptors (Lipinski definition) is 3. The Balaban J connectivity index is 1.68. The Morgan fingerprint density at radius 2 is 2.25 bits per heavy atom. The van der Waals surface area contributed by atoms with E-state index in [0.717, 1.165) is 23.5 Å². The van der Waals surface area contributed by atoms with Crippen LogP contribution in [0.1, 0.15) is 37.8 Å². The molecule has 2 aromatic rings. The van der Waals surface area contributed by atoms with Gasteiger partial charge < -0.3 is 5.32 Å². The number of carbonyl (C=O) groups is 1. The molecule has 1 saturated carbocycles. The van der Waals surface area contributed by atoms with E-state index in [2.05, 4.69) is 10.3 Å². The van der Waals surface area contributed by atoms with Crippen molar-refractivity contribution in [3.8, 4) is 0 Å². The third-order valence-corrected chi connectivity index (χ3v) is 4.63. The van der Waals surface area contributed by atoms with Crippen LogP contribution >= 0.6 is 22.9 Å². The van der Waals surface area contributed by atoms with Gasteiger partial charge in [0, 0.05) is 23.7 Å². The number of imidazole rings is 1. The van der Waals surface area contributed by atoms with Crippen LogP contribution in [0.2, 0.25) is 5.15 Å². The van der Waals surface area contributed by atoms with Crippen LogP contribution in [0.5, 0.6) is 0 Å². The molecule has 4 nitrogen and oxygen atoms in total. The molecule has 1 aliphatic rings. The topological polar surface area (TPSA) is 46.4 Å². The third-order valence-electron chi connectivity index (χ3n) is 3.60. The number of nitrogens with one attached hydrogen (secondary N) is 1. The zero-order valence-electron chi connectivity index (χ0n) is 11.0. The number of carbonyl (C=O) groups excluding carboxylic acids is 1. The number of hydrogen-bond donors (Lipinski definition) is 1. The summed E-state index contributed by atoms with van der Waals surface area (Å²) in [5.74, 6) is -0.0573. The van der Waals surface area contributed by atoms with E-state index < -0.39 is 0 Å². The van der Waals surface area contributed by atoms with E-state index in [-0.39, 0.29) is 5.91 Å². The first kappa shape index (κ1) is 13.6. The number of halogens is 1. The zero-order chi connectivity index (χ0) is 13.9. The first-order valence-corrected chi connectivity index (χ1v) is 8.09. The quantitative estimate of drug-likeness (QED) is 0.882. The standard InChI is InChI=1S/C14H16ClN3OS/c15-13-11(18-8-9-20-14(18)17-13)6-7-12(19)16-10-4-2-1-3-5-10/h6-10H,1-5H2,(H,16,19)/b7-6+. The van der Waals surface area contributed by atoms with Gasteiger partial charge in [-0.3, -0.25) is 9.20 Å². The summed E-state index contributed by atoms with van der Waals surface area (Å²) in [4.78, 5) is 17.0. The molecule has 0 aliphatic heterocycles. The van der Waals surface area contributed by atoms with Crippen LogP contribution < -0.4 is 5.32 Å². The van der Waals surface area contributed by atoms with Gasteiger partial charge in [0.05, 0.1) is 5.69 Å². The molecular formula is C14H16ClN3OS.